The third-order valence-electron chi connectivity index (χ3n) is 4.16. The van der Waals surface area contributed by atoms with Crippen LogP contribution in [0.25, 0.3) is 0 Å². The minimum absolute atomic E-state index is 0.0000651. The lowest BCUT2D eigenvalue weighted by molar-refractivity contribution is 0.0467. The Kier molecular flexibility index (Phi) is 6.39. The summed E-state index contributed by atoms with van der Waals surface area (Å²) in [6.45, 7) is 1.54. The lowest BCUT2D eigenvalue weighted by Crippen LogP contribution is -2.27. The van der Waals surface area contributed by atoms with Crippen molar-refractivity contribution >= 4 is 23.6 Å². The number of thioether (sulfide) groups is 1. The summed E-state index contributed by atoms with van der Waals surface area (Å²) in [5, 5.41) is -0.0657. The molecule has 0 unspecified atom stereocenters. The van der Waals surface area contributed by atoms with E-state index in [0.717, 1.165) is 25.9 Å². The predicted molar refractivity (Wildman–Crippen MR) is 96.8 cm³/mol. The summed E-state index contributed by atoms with van der Waals surface area (Å²) in [6.07, 6.45) is 3.40. The molecule has 0 bridgehead atoms. The molecule has 1 aromatic heterocycles. The van der Waals surface area contributed by atoms with Crippen LogP contribution in [-0.2, 0) is 11.3 Å². The van der Waals surface area contributed by atoms with Crippen molar-refractivity contribution in [2.24, 2.45) is 0 Å². The molecule has 8 heteroatoms. The number of nitrogens with zero attached hydrogens (tertiary/aromatic N) is 2. The SMILES string of the molecule is O=C(OCc1ccc(C(=O)N2CCCC2)cc1)c1cccnc1SC(F)F. The summed E-state index contributed by atoms with van der Waals surface area (Å²) in [5.41, 5.74) is 1.30. The highest BCUT2D eigenvalue weighted by atomic mass is 32.2. The van der Waals surface area contributed by atoms with E-state index >= 15 is 0 Å². The zero-order valence-corrected chi connectivity index (χ0v) is 15.3. The first kappa shape index (κ1) is 19.3. The van der Waals surface area contributed by atoms with Crippen LogP contribution in [0.5, 0.6) is 0 Å². The summed E-state index contributed by atoms with van der Waals surface area (Å²) >= 11 is 0.205. The molecule has 1 aromatic carbocycles. The van der Waals surface area contributed by atoms with E-state index in [1.807, 2.05) is 4.90 Å². The second-order valence-electron chi connectivity index (χ2n) is 6.01. The highest BCUT2D eigenvalue weighted by Gasteiger charge is 2.20. The number of carbonyl (C=O) groups excluding carboxylic acids is 2. The van der Waals surface area contributed by atoms with Gasteiger partial charge in [-0.3, -0.25) is 4.79 Å². The van der Waals surface area contributed by atoms with Crippen molar-refractivity contribution in [3.05, 3.63) is 59.3 Å². The van der Waals surface area contributed by atoms with Crippen molar-refractivity contribution in [2.75, 3.05) is 13.1 Å². The van der Waals surface area contributed by atoms with Crippen LogP contribution in [0.1, 0.15) is 39.1 Å². The van der Waals surface area contributed by atoms with Crippen molar-refractivity contribution in [1.29, 1.82) is 0 Å². The van der Waals surface area contributed by atoms with E-state index in [0.29, 0.717) is 11.1 Å². The molecule has 0 atom stereocenters. The Morgan fingerprint density at radius 2 is 1.85 bits per heavy atom. The number of halogens is 2. The van der Waals surface area contributed by atoms with Crippen molar-refractivity contribution in [1.82, 2.24) is 9.88 Å². The number of likely N-dealkylation sites (tertiary alicyclic amines) is 1. The molecule has 1 saturated heterocycles. The maximum Gasteiger partial charge on any atom is 0.341 e. The number of rotatable bonds is 6. The van der Waals surface area contributed by atoms with E-state index in [1.54, 1.807) is 24.3 Å². The number of esters is 1. The molecule has 142 valence electrons. The summed E-state index contributed by atoms with van der Waals surface area (Å²) in [5.74, 6) is -3.39. The molecule has 1 amide bonds. The van der Waals surface area contributed by atoms with Crippen LogP contribution in [0, 0.1) is 0 Å². The second kappa shape index (κ2) is 8.94. The first-order chi connectivity index (χ1) is 13.0. The molecule has 0 spiro atoms. The molecule has 1 aliphatic heterocycles. The monoisotopic (exact) mass is 392 g/mol. The number of ether oxygens (including phenoxy) is 1. The molecule has 1 aliphatic rings. The van der Waals surface area contributed by atoms with Crippen molar-refractivity contribution < 1.29 is 23.1 Å². The maximum absolute atomic E-state index is 12.6. The topological polar surface area (TPSA) is 59.5 Å². The Bertz CT molecular complexity index is 809. The zero-order valence-electron chi connectivity index (χ0n) is 14.4. The zero-order chi connectivity index (χ0) is 19.2. The second-order valence-corrected chi connectivity index (χ2v) is 6.99. The molecule has 0 saturated carbocycles. The first-order valence-electron chi connectivity index (χ1n) is 8.50. The Morgan fingerprint density at radius 1 is 1.15 bits per heavy atom. The van der Waals surface area contributed by atoms with E-state index in [-0.39, 0.29) is 34.9 Å². The highest BCUT2D eigenvalue weighted by Crippen LogP contribution is 2.26. The summed E-state index contributed by atoms with van der Waals surface area (Å²) in [4.78, 5) is 30.1. The van der Waals surface area contributed by atoms with E-state index in [9.17, 15) is 18.4 Å². The maximum atomic E-state index is 12.6. The third kappa shape index (κ3) is 5.03. The molecule has 1 fully saturated rings. The minimum Gasteiger partial charge on any atom is -0.457 e. The molecule has 2 heterocycles. The fourth-order valence-corrected chi connectivity index (χ4v) is 3.37. The van der Waals surface area contributed by atoms with Gasteiger partial charge in [-0.05, 0) is 54.4 Å². The molecule has 2 aromatic rings. The van der Waals surface area contributed by atoms with Gasteiger partial charge in [-0.25, -0.2) is 9.78 Å². The number of amides is 1. The lowest BCUT2D eigenvalue weighted by Gasteiger charge is -2.15. The van der Waals surface area contributed by atoms with E-state index in [4.69, 9.17) is 4.74 Å². The number of alkyl halides is 2. The van der Waals surface area contributed by atoms with Gasteiger partial charge in [0.15, 0.2) is 0 Å². The van der Waals surface area contributed by atoms with Gasteiger partial charge in [0.25, 0.3) is 11.7 Å². The highest BCUT2D eigenvalue weighted by molar-refractivity contribution is 7.99. The largest absolute Gasteiger partial charge is 0.457 e. The Balaban J connectivity index is 1.60. The molecule has 3 rings (SSSR count). The van der Waals surface area contributed by atoms with E-state index in [1.165, 1.54) is 18.3 Å². The van der Waals surface area contributed by atoms with Gasteiger partial charge in [-0.1, -0.05) is 12.1 Å². The smallest absolute Gasteiger partial charge is 0.341 e. The van der Waals surface area contributed by atoms with Gasteiger partial charge in [-0.15, -0.1) is 0 Å². The van der Waals surface area contributed by atoms with Crippen LogP contribution in [0.15, 0.2) is 47.6 Å². The van der Waals surface area contributed by atoms with Crippen LogP contribution in [0.3, 0.4) is 0 Å². The van der Waals surface area contributed by atoms with Gasteiger partial charge in [0.1, 0.15) is 11.6 Å². The van der Waals surface area contributed by atoms with Crippen molar-refractivity contribution in [2.45, 2.75) is 30.2 Å². The van der Waals surface area contributed by atoms with Gasteiger partial charge in [0.2, 0.25) is 0 Å². The standard InChI is InChI=1S/C19H18F2N2O3S/c20-19(21)27-16-15(4-3-9-22-16)18(25)26-12-13-5-7-14(8-6-13)17(24)23-10-1-2-11-23/h3-9,19H,1-2,10-12H2. The molecule has 5 nitrogen and oxygen atoms in total. The number of aromatic nitrogens is 1. The van der Waals surface area contributed by atoms with Gasteiger partial charge in [0.05, 0.1) is 5.56 Å². The van der Waals surface area contributed by atoms with E-state index in [2.05, 4.69) is 4.98 Å². The van der Waals surface area contributed by atoms with Crippen molar-refractivity contribution in [3.63, 3.8) is 0 Å². The lowest BCUT2D eigenvalue weighted by atomic mass is 10.1. The Hall–Kier alpha value is -2.48. The number of pyridine rings is 1. The van der Waals surface area contributed by atoms with Gasteiger partial charge >= 0.3 is 5.97 Å². The number of carbonyl (C=O) groups is 2. The summed E-state index contributed by atoms with van der Waals surface area (Å²) < 4.78 is 30.3. The Labute approximate surface area is 159 Å². The van der Waals surface area contributed by atoms with Crippen LogP contribution < -0.4 is 0 Å². The summed E-state index contributed by atoms with van der Waals surface area (Å²) in [6, 6.07) is 9.73. The number of hydrogen-bond donors (Lipinski definition) is 0. The number of hydrogen-bond acceptors (Lipinski definition) is 5. The number of benzene rings is 1. The van der Waals surface area contributed by atoms with Crippen LogP contribution in [-0.4, -0.2) is 40.6 Å². The Morgan fingerprint density at radius 3 is 2.52 bits per heavy atom. The summed E-state index contributed by atoms with van der Waals surface area (Å²) in [7, 11) is 0. The molecular formula is C19H18F2N2O3S. The van der Waals surface area contributed by atoms with Gasteiger partial charge in [0, 0.05) is 24.8 Å². The molecular weight excluding hydrogens is 374 g/mol. The fraction of sp³-hybridized carbons (Fsp3) is 0.316. The molecule has 0 N–H and O–H groups in total. The third-order valence-corrected chi connectivity index (χ3v) is 4.88. The molecule has 0 aliphatic carbocycles. The van der Waals surface area contributed by atoms with Gasteiger partial charge in [-0.2, -0.15) is 8.78 Å². The average Bonchev–Trinajstić information content (AvgIpc) is 3.21. The minimum atomic E-state index is -2.67. The van der Waals surface area contributed by atoms with Crippen LogP contribution >= 0.6 is 11.8 Å². The molecule has 27 heavy (non-hydrogen) atoms. The average molecular weight is 392 g/mol. The van der Waals surface area contributed by atoms with Crippen LogP contribution in [0.2, 0.25) is 0 Å². The molecule has 0 radical (unpaired) electrons. The predicted octanol–water partition coefficient (Wildman–Crippen LogP) is 3.99. The van der Waals surface area contributed by atoms with E-state index < -0.39 is 11.7 Å². The van der Waals surface area contributed by atoms with Gasteiger partial charge < -0.3 is 9.64 Å². The first-order valence-corrected chi connectivity index (χ1v) is 9.38. The van der Waals surface area contributed by atoms with Crippen molar-refractivity contribution in [3.8, 4) is 0 Å². The van der Waals surface area contributed by atoms with Crippen LogP contribution in [0.4, 0.5) is 8.78 Å². The fourth-order valence-electron chi connectivity index (χ4n) is 2.80. The normalized spacial score (nSPS) is 13.8. The quantitative estimate of drug-likeness (QED) is 0.550.